The monoisotopic (exact) mass is 521 g/mol. The third kappa shape index (κ3) is 5.49. The SMILES string of the molecule is COc1ccc2cc(CN(C[C@@H]3CCCO3)C(=O)c3cccc(OC)c3OC)c(N3CCOCC3)nc2c1. The van der Waals surface area contributed by atoms with Crippen molar-refractivity contribution in [2.45, 2.75) is 25.5 Å². The van der Waals surface area contributed by atoms with E-state index in [-0.39, 0.29) is 12.0 Å². The molecule has 0 unspecified atom stereocenters. The van der Waals surface area contributed by atoms with Crippen molar-refractivity contribution in [2.75, 3.05) is 65.7 Å². The Kier molecular flexibility index (Phi) is 8.14. The lowest BCUT2D eigenvalue weighted by Crippen LogP contribution is -2.40. The molecule has 2 aromatic carbocycles. The number of morpholine rings is 1. The predicted molar refractivity (Wildman–Crippen MR) is 145 cm³/mol. The summed E-state index contributed by atoms with van der Waals surface area (Å²) in [5.74, 6) is 2.42. The largest absolute Gasteiger partial charge is 0.497 e. The van der Waals surface area contributed by atoms with Gasteiger partial charge in [0.25, 0.3) is 5.91 Å². The van der Waals surface area contributed by atoms with Crippen LogP contribution in [0.4, 0.5) is 5.82 Å². The van der Waals surface area contributed by atoms with Gasteiger partial charge >= 0.3 is 0 Å². The summed E-state index contributed by atoms with van der Waals surface area (Å²) in [6.07, 6.45) is 1.90. The summed E-state index contributed by atoms with van der Waals surface area (Å²) in [6.45, 7) is 4.31. The molecule has 0 radical (unpaired) electrons. The van der Waals surface area contributed by atoms with Crippen molar-refractivity contribution in [1.29, 1.82) is 0 Å². The molecule has 1 aromatic heterocycles. The zero-order chi connectivity index (χ0) is 26.5. The first-order valence-electron chi connectivity index (χ1n) is 13.0. The first-order chi connectivity index (χ1) is 18.6. The molecule has 0 aliphatic carbocycles. The van der Waals surface area contributed by atoms with Gasteiger partial charge < -0.3 is 33.5 Å². The van der Waals surface area contributed by atoms with E-state index in [4.69, 9.17) is 28.7 Å². The lowest BCUT2D eigenvalue weighted by Gasteiger charge is -2.32. The van der Waals surface area contributed by atoms with E-state index < -0.39 is 0 Å². The number of ether oxygens (including phenoxy) is 5. The van der Waals surface area contributed by atoms with Gasteiger partial charge in [-0.15, -0.1) is 0 Å². The molecule has 3 heterocycles. The molecule has 1 atom stereocenters. The summed E-state index contributed by atoms with van der Waals surface area (Å²) < 4.78 is 28.1. The van der Waals surface area contributed by atoms with Crippen LogP contribution in [0.3, 0.4) is 0 Å². The highest BCUT2D eigenvalue weighted by Crippen LogP contribution is 2.33. The number of anilines is 1. The summed E-state index contributed by atoms with van der Waals surface area (Å²) in [5, 5.41) is 0.987. The van der Waals surface area contributed by atoms with E-state index in [1.807, 2.05) is 29.2 Å². The smallest absolute Gasteiger partial charge is 0.258 e. The highest BCUT2D eigenvalue weighted by atomic mass is 16.5. The number of hydrogen-bond donors (Lipinski definition) is 0. The van der Waals surface area contributed by atoms with Crippen LogP contribution in [0.25, 0.3) is 10.9 Å². The van der Waals surface area contributed by atoms with Gasteiger partial charge in [0.1, 0.15) is 11.6 Å². The van der Waals surface area contributed by atoms with Crippen LogP contribution in [0.1, 0.15) is 28.8 Å². The molecular formula is C29H35N3O6. The zero-order valence-electron chi connectivity index (χ0n) is 22.3. The van der Waals surface area contributed by atoms with E-state index in [0.29, 0.717) is 50.0 Å². The molecule has 9 heteroatoms. The van der Waals surface area contributed by atoms with Crippen LogP contribution in [0.5, 0.6) is 17.2 Å². The van der Waals surface area contributed by atoms with Crippen LogP contribution in [-0.4, -0.2) is 82.7 Å². The maximum atomic E-state index is 14.1. The highest BCUT2D eigenvalue weighted by Gasteiger charge is 2.28. The van der Waals surface area contributed by atoms with Crippen molar-refractivity contribution in [3.8, 4) is 17.2 Å². The molecule has 9 nitrogen and oxygen atoms in total. The standard InChI is InChI=1S/C29H35N3O6/c1-34-22-10-9-20-16-21(28(30-25(20)17-22)31-11-14-37-15-12-31)18-32(19-23-6-5-13-38-23)29(33)24-7-4-8-26(35-2)27(24)36-3/h4,7-10,16-17,23H,5-6,11-15,18-19H2,1-3H3/t23-/m0/s1. The van der Waals surface area contributed by atoms with E-state index in [9.17, 15) is 4.79 Å². The number of methoxy groups -OCH3 is 3. The van der Waals surface area contributed by atoms with Gasteiger partial charge in [-0.25, -0.2) is 4.98 Å². The third-order valence-electron chi connectivity index (χ3n) is 7.12. The lowest BCUT2D eigenvalue weighted by molar-refractivity contribution is 0.0504. The minimum atomic E-state index is -0.140. The topological polar surface area (TPSA) is 82.6 Å². The molecule has 2 fully saturated rings. The summed E-state index contributed by atoms with van der Waals surface area (Å²) in [5.41, 5.74) is 2.27. The van der Waals surface area contributed by atoms with Crippen LogP contribution in [-0.2, 0) is 16.0 Å². The molecular weight excluding hydrogens is 486 g/mol. The number of carbonyl (C=O) groups excluding carboxylic acids is 1. The van der Waals surface area contributed by atoms with Crippen LogP contribution in [0.15, 0.2) is 42.5 Å². The molecule has 2 aliphatic heterocycles. The highest BCUT2D eigenvalue weighted by molar-refractivity contribution is 5.98. The molecule has 202 valence electrons. The first kappa shape index (κ1) is 26.1. The molecule has 0 saturated carbocycles. The molecule has 0 N–H and O–H groups in total. The molecule has 2 aliphatic rings. The number of nitrogens with zero attached hydrogens (tertiary/aromatic N) is 3. The Morgan fingerprint density at radius 2 is 1.89 bits per heavy atom. The third-order valence-corrected chi connectivity index (χ3v) is 7.12. The van der Waals surface area contributed by atoms with Crippen molar-refractivity contribution in [3.05, 3.63) is 53.6 Å². The van der Waals surface area contributed by atoms with Crippen molar-refractivity contribution in [1.82, 2.24) is 9.88 Å². The van der Waals surface area contributed by atoms with Gasteiger partial charge in [-0.2, -0.15) is 0 Å². The normalized spacial score (nSPS) is 17.4. The number of amides is 1. The Morgan fingerprint density at radius 1 is 1.05 bits per heavy atom. The van der Waals surface area contributed by atoms with Crippen LogP contribution in [0.2, 0.25) is 0 Å². The summed E-state index contributed by atoms with van der Waals surface area (Å²) in [4.78, 5) is 23.2. The van der Waals surface area contributed by atoms with Crippen LogP contribution in [0, 0.1) is 0 Å². The number of rotatable bonds is 9. The Morgan fingerprint density at radius 3 is 2.61 bits per heavy atom. The Balaban J connectivity index is 1.56. The van der Waals surface area contributed by atoms with Crippen molar-refractivity contribution in [3.63, 3.8) is 0 Å². The second kappa shape index (κ2) is 11.9. The summed E-state index contributed by atoms with van der Waals surface area (Å²) in [6, 6.07) is 13.4. The number of para-hydroxylation sites is 1. The maximum absolute atomic E-state index is 14.1. The predicted octanol–water partition coefficient (Wildman–Crippen LogP) is 3.92. The van der Waals surface area contributed by atoms with Gasteiger partial charge in [-0.1, -0.05) is 6.07 Å². The van der Waals surface area contributed by atoms with Crippen LogP contribution >= 0.6 is 0 Å². The van der Waals surface area contributed by atoms with Gasteiger partial charge in [0.05, 0.1) is 51.7 Å². The van der Waals surface area contributed by atoms with Gasteiger partial charge in [0, 0.05) is 49.8 Å². The van der Waals surface area contributed by atoms with Crippen molar-refractivity contribution >= 4 is 22.6 Å². The molecule has 38 heavy (non-hydrogen) atoms. The second-order valence-electron chi connectivity index (χ2n) is 9.49. The fourth-order valence-electron chi connectivity index (χ4n) is 5.16. The summed E-state index contributed by atoms with van der Waals surface area (Å²) in [7, 11) is 4.78. The number of hydrogen-bond acceptors (Lipinski definition) is 8. The molecule has 1 amide bonds. The molecule has 3 aromatic rings. The van der Waals surface area contributed by atoms with Gasteiger partial charge in [0.15, 0.2) is 11.5 Å². The van der Waals surface area contributed by atoms with Crippen LogP contribution < -0.4 is 19.1 Å². The number of fused-ring (bicyclic) bond motifs is 1. The molecule has 2 saturated heterocycles. The lowest BCUT2D eigenvalue weighted by atomic mass is 10.1. The summed E-state index contributed by atoms with van der Waals surface area (Å²) >= 11 is 0. The van der Waals surface area contributed by atoms with E-state index >= 15 is 0 Å². The molecule has 0 spiro atoms. The van der Waals surface area contributed by atoms with E-state index in [2.05, 4.69) is 11.0 Å². The minimum Gasteiger partial charge on any atom is -0.497 e. The number of aromatic nitrogens is 1. The zero-order valence-corrected chi connectivity index (χ0v) is 22.3. The Labute approximate surface area is 223 Å². The van der Waals surface area contributed by atoms with E-state index in [1.165, 1.54) is 0 Å². The maximum Gasteiger partial charge on any atom is 0.258 e. The van der Waals surface area contributed by atoms with Crippen molar-refractivity contribution < 1.29 is 28.5 Å². The molecule has 0 bridgehead atoms. The number of carbonyl (C=O) groups is 1. The average molecular weight is 522 g/mol. The average Bonchev–Trinajstić information content (AvgIpc) is 3.49. The number of benzene rings is 2. The fraction of sp³-hybridized carbons (Fsp3) is 0.448. The van der Waals surface area contributed by atoms with Gasteiger partial charge in [-0.3, -0.25) is 4.79 Å². The quantitative estimate of drug-likeness (QED) is 0.419. The first-order valence-corrected chi connectivity index (χ1v) is 13.0. The minimum absolute atomic E-state index is 0.0138. The second-order valence-corrected chi connectivity index (χ2v) is 9.49. The van der Waals surface area contributed by atoms with Gasteiger partial charge in [0.2, 0.25) is 0 Å². The van der Waals surface area contributed by atoms with E-state index in [0.717, 1.165) is 54.0 Å². The van der Waals surface area contributed by atoms with E-state index in [1.54, 1.807) is 33.5 Å². The number of pyridine rings is 1. The molecule has 5 rings (SSSR count). The van der Waals surface area contributed by atoms with Crippen molar-refractivity contribution in [2.24, 2.45) is 0 Å². The Hall–Kier alpha value is -3.56. The fourth-order valence-corrected chi connectivity index (χ4v) is 5.16. The Bertz CT molecular complexity index is 1270. The van der Waals surface area contributed by atoms with Gasteiger partial charge in [-0.05, 0) is 43.2 Å².